The van der Waals surface area contributed by atoms with Gasteiger partial charge >= 0.3 is 0 Å². The molecule has 2 rings (SSSR count). The standard InChI is InChI=1S/C23H36N4O/c1-27(2)15-5-14-26-22(23(25)28)12-9-19-8-11-20-16-18(6-3-4-13-24)7-10-21(20)17-19/h7-8,10-11,16-17,22,26H,3-6,9,12-15,24H2,1-2H3,(H2,25,28)/t22-/m0/s1. The van der Waals surface area contributed by atoms with Gasteiger partial charge in [0.2, 0.25) is 5.91 Å². The second kappa shape index (κ2) is 11.8. The van der Waals surface area contributed by atoms with Crippen LogP contribution in [0, 0.1) is 0 Å². The molecule has 0 unspecified atom stereocenters. The number of nitrogens with one attached hydrogen (secondary N) is 1. The van der Waals surface area contributed by atoms with Crippen molar-refractivity contribution in [1.82, 2.24) is 10.2 Å². The minimum atomic E-state index is -0.275. The van der Waals surface area contributed by atoms with Crippen molar-refractivity contribution < 1.29 is 4.79 Å². The number of fused-ring (bicyclic) bond motifs is 1. The Morgan fingerprint density at radius 3 is 2.21 bits per heavy atom. The molecule has 0 aliphatic rings. The first-order chi connectivity index (χ1) is 13.5. The van der Waals surface area contributed by atoms with E-state index in [0.717, 1.165) is 58.2 Å². The van der Waals surface area contributed by atoms with Crippen LogP contribution in [-0.2, 0) is 17.6 Å². The topological polar surface area (TPSA) is 84.4 Å². The highest BCUT2D eigenvalue weighted by Gasteiger charge is 2.14. The van der Waals surface area contributed by atoms with E-state index in [1.807, 2.05) is 0 Å². The number of nitrogens with two attached hydrogens (primary N) is 2. The molecule has 1 atom stereocenters. The van der Waals surface area contributed by atoms with Crippen LogP contribution in [0.25, 0.3) is 10.8 Å². The molecule has 5 N–H and O–H groups in total. The van der Waals surface area contributed by atoms with Gasteiger partial charge < -0.3 is 21.7 Å². The Morgan fingerprint density at radius 2 is 1.64 bits per heavy atom. The average molecular weight is 385 g/mol. The van der Waals surface area contributed by atoms with Crippen molar-refractivity contribution in [3.8, 4) is 0 Å². The molecule has 5 nitrogen and oxygen atoms in total. The summed E-state index contributed by atoms with van der Waals surface area (Å²) in [5.74, 6) is -0.271. The highest BCUT2D eigenvalue weighted by molar-refractivity contribution is 5.84. The number of rotatable bonds is 13. The molecule has 5 heteroatoms. The minimum Gasteiger partial charge on any atom is -0.368 e. The van der Waals surface area contributed by atoms with Crippen molar-refractivity contribution in [3.63, 3.8) is 0 Å². The normalized spacial score (nSPS) is 12.6. The maximum absolute atomic E-state index is 11.7. The van der Waals surface area contributed by atoms with E-state index in [-0.39, 0.29) is 11.9 Å². The number of aryl methyl sites for hydroxylation is 2. The van der Waals surface area contributed by atoms with Crippen molar-refractivity contribution in [3.05, 3.63) is 47.5 Å². The zero-order valence-electron chi connectivity index (χ0n) is 17.4. The number of hydrogen-bond acceptors (Lipinski definition) is 4. The van der Waals surface area contributed by atoms with Gasteiger partial charge in [0.25, 0.3) is 0 Å². The van der Waals surface area contributed by atoms with Gasteiger partial charge in [-0.15, -0.1) is 0 Å². The summed E-state index contributed by atoms with van der Waals surface area (Å²) >= 11 is 0. The molecule has 0 saturated carbocycles. The Kier molecular flexibility index (Phi) is 9.41. The summed E-state index contributed by atoms with van der Waals surface area (Å²) < 4.78 is 0. The lowest BCUT2D eigenvalue weighted by molar-refractivity contribution is -0.120. The van der Waals surface area contributed by atoms with Gasteiger partial charge in [0.05, 0.1) is 6.04 Å². The zero-order valence-corrected chi connectivity index (χ0v) is 17.4. The first-order valence-corrected chi connectivity index (χ1v) is 10.4. The summed E-state index contributed by atoms with van der Waals surface area (Å²) in [6.07, 6.45) is 5.84. The number of primary amides is 1. The Hall–Kier alpha value is -1.95. The summed E-state index contributed by atoms with van der Waals surface area (Å²) in [5, 5.41) is 5.81. The molecular weight excluding hydrogens is 348 g/mol. The van der Waals surface area contributed by atoms with Gasteiger partial charge in [-0.05, 0) is 94.2 Å². The van der Waals surface area contributed by atoms with E-state index in [1.165, 1.54) is 21.9 Å². The summed E-state index contributed by atoms with van der Waals surface area (Å²) in [4.78, 5) is 13.9. The van der Waals surface area contributed by atoms with Crippen LogP contribution < -0.4 is 16.8 Å². The van der Waals surface area contributed by atoms with Crippen LogP contribution >= 0.6 is 0 Å². The fourth-order valence-electron chi connectivity index (χ4n) is 3.46. The third-order valence-corrected chi connectivity index (χ3v) is 5.13. The molecule has 0 aliphatic heterocycles. The first-order valence-electron chi connectivity index (χ1n) is 10.4. The lowest BCUT2D eigenvalue weighted by atomic mass is 9.98. The number of carbonyl (C=O) groups is 1. The molecule has 0 radical (unpaired) electrons. The quantitative estimate of drug-likeness (QED) is 0.463. The van der Waals surface area contributed by atoms with Gasteiger partial charge in [-0.3, -0.25) is 4.79 Å². The SMILES string of the molecule is CN(C)CCCN[C@@H](CCc1ccc2cc(CCCCN)ccc2c1)C(N)=O. The molecule has 28 heavy (non-hydrogen) atoms. The van der Waals surface area contributed by atoms with Crippen LogP contribution in [-0.4, -0.2) is 50.6 Å². The predicted molar refractivity (Wildman–Crippen MR) is 118 cm³/mol. The smallest absolute Gasteiger partial charge is 0.234 e. The van der Waals surface area contributed by atoms with Gasteiger partial charge in [0.1, 0.15) is 0 Å². The van der Waals surface area contributed by atoms with Gasteiger partial charge in [-0.1, -0.05) is 36.4 Å². The highest BCUT2D eigenvalue weighted by atomic mass is 16.1. The monoisotopic (exact) mass is 384 g/mol. The second-order valence-corrected chi connectivity index (χ2v) is 7.87. The van der Waals surface area contributed by atoms with E-state index in [2.05, 4.69) is 60.7 Å². The summed E-state index contributed by atoms with van der Waals surface area (Å²) in [6, 6.07) is 13.0. The molecule has 154 valence electrons. The van der Waals surface area contributed by atoms with E-state index in [0.29, 0.717) is 0 Å². The van der Waals surface area contributed by atoms with Crippen molar-refractivity contribution in [2.24, 2.45) is 11.5 Å². The van der Waals surface area contributed by atoms with Crippen molar-refractivity contribution in [2.75, 3.05) is 33.7 Å². The van der Waals surface area contributed by atoms with Gasteiger partial charge in [-0.25, -0.2) is 0 Å². The van der Waals surface area contributed by atoms with E-state index >= 15 is 0 Å². The van der Waals surface area contributed by atoms with Crippen LogP contribution in [0.5, 0.6) is 0 Å². The summed E-state index contributed by atoms with van der Waals surface area (Å²) in [5.41, 5.74) is 13.8. The Morgan fingerprint density at radius 1 is 1.00 bits per heavy atom. The average Bonchev–Trinajstić information content (AvgIpc) is 2.67. The number of hydrogen-bond donors (Lipinski definition) is 3. The van der Waals surface area contributed by atoms with Gasteiger partial charge in [0.15, 0.2) is 0 Å². The Bertz CT molecular complexity index is 744. The first kappa shape index (κ1) is 22.3. The number of amides is 1. The van der Waals surface area contributed by atoms with Crippen LogP contribution in [0.3, 0.4) is 0 Å². The van der Waals surface area contributed by atoms with Crippen LogP contribution in [0.4, 0.5) is 0 Å². The summed E-state index contributed by atoms with van der Waals surface area (Å²) in [7, 11) is 4.10. The molecule has 0 saturated heterocycles. The van der Waals surface area contributed by atoms with Gasteiger partial charge in [0, 0.05) is 0 Å². The highest BCUT2D eigenvalue weighted by Crippen LogP contribution is 2.20. The van der Waals surface area contributed by atoms with E-state index in [4.69, 9.17) is 11.5 Å². The molecule has 0 heterocycles. The van der Waals surface area contributed by atoms with E-state index in [1.54, 1.807) is 0 Å². The molecule has 0 spiro atoms. The van der Waals surface area contributed by atoms with Crippen LogP contribution in [0.2, 0.25) is 0 Å². The van der Waals surface area contributed by atoms with Crippen LogP contribution in [0.1, 0.15) is 36.8 Å². The molecule has 0 aliphatic carbocycles. The number of carbonyl (C=O) groups excluding carboxylic acids is 1. The molecule has 1 amide bonds. The van der Waals surface area contributed by atoms with E-state index in [9.17, 15) is 4.79 Å². The number of nitrogens with zero attached hydrogens (tertiary/aromatic N) is 1. The molecule has 2 aromatic rings. The lowest BCUT2D eigenvalue weighted by Crippen LogP contribution is -2.42. The Balaban J connectivity index is 1.91. The minimum absolute atomic E-state index is 0.271. The summed E-state index contributed by atoms with van der Waals surface area (Å²) in [6.45, 7) is 2.56. The third kappa shape index (κ3) is 7.58. The van der Waals surface area contributed by atoms with Crippen LogP contribution in [0.15, 0.2) is 36.4 Å². The number of benzene rings is 2. The maximum atomic E-state index is 11.7. The predicted octanol–water partition coefficient (Wildman–Crippen LogP) is 2.45. The zero-order chi connectivity index (χ0) is 20.4. The number of unbranched alkanes of at least 4 members (excludes halogenated alkanes) is 1. The second-order valence-electron chi connectivity index (χ2n) is 7.87. The lowest BCUT2D eigenvalue weighted by Gasteiger charge is -2.16. The molecular formula is C23H36N4O. The van der Waals surface area contributed by atoms with Crippen molar-refractivity contribution >= 4 is 16.7 Å². The van der Waals surface area contributed by atoms with Gasteiger partial charge in [-0.2, -0.15) is 0 Å². The molecule has 0 aromatic heterocycles. The third-order valence-electron chi connectivity index (χ3n) is 5.13. The maximum Gasteiger partial charge on any atom is 0.234 e. The van der Waals surface area contributed by atoms with Crippen molar-refractivity contribution in [2.45, 2.75) is 44.6 Å². The molecule has 2 aromatic carbocycles. The molecule has 0 bridgehead atoms. The van der Waals surface area contributed by atoms with Crippen molar-refractivity contribution in [1.29, 1.82) is 0 Å². The fourth-order valence-corrected chi connectivity index (χ4v) is 3.46. The molecule has 0 fully saturated rings. The largest absolute Gasteiger partial charge is 0.368 e. The Labute approximate surface area is 169 Å². The van der Waals surface area contributed by atoms with E-state index < -0.39 is 0 Å². The fraction of sp³-hybridized carbons (Fsp3) is 0.522.